The van der Waals surface area contributed by atoms with Crippen molar-refractivity contribution < 1.29 is 24.6 Å². The number of carboxylic acid groups (broad SMARTS) is 2. The van der Waals surface area contributed by atoms with Gasteiger partial charge in [-0.3, -0.25) is 14.4 Å². The van der Waals surface area contributed by atoms with Gasteiger partial charge in [0.1, 0.15) is 5.54 Å². The first-order chi connectivity index (χ1) is 10.8. The van der Waals surface area contributed by atoms with E-state index in [0.717, 1.165) is 5.56 Å². The van der Waals surface area contributed by atoms with Crippen LogP contribution in [0.4, 0.5) is 0 Å². The molecule has 0 heterocycles. The third kappa shape index (κ3) is 2.37. The van der Waals surface area contributed by atoms with Crippen LogP contribution in [0.15, 0.2) is 24.3 Å². The highest BCUT2D eigenvalue weighted by atomic mass is 16.4. The maximum absolute atomic E-state index is 12.3. The minimum absolute atomic E-state index is 0.0407. The van der Waals surface area contributed by atoms with Crippen molar-refractivity contribution in [3.63, 3.8) is 0 Å². The summed E-state index contributed by atoms with van der Waals surface area (Å²) in [6.07, 6.45) is 0.0407. The van der Waals surface area contributed by atoms with Crippen molar-refractivity contribution in [1.29, 1.82) is 0 Å². The minimum atomic E-state index is -1.60. The molecule has 0 aromatic heterocycles. The summed E-state index contributed by atoms with van der Waals surface area (Å²) in [5.74, 6) is -4.51. The van der Waals surface area contributed by atoms with Gasteiger partial charge in [-0.15, -0.1) is 0 Å². The van der Waals surface area contributed by atoms with Crippen LogP contribution in [0.2, 0.25) is 0 Å². The highest BCUT2D eigenvalue weighted by molar-refractivity contribution is 5.95. The molecule has 2 fully saturated rings. The van der Waals surface area contributed by atoms with E-state index in [1.54, 1.807) is 24.3 Å². The Morgan fingerprint density at radius 2 is 1.83 bits per heavy atom. The molecule has 2 saturated carbocycles. The summed E-state index contributed by atoms with van der Waals surface area (Å²) < 4.78 is 0. The molecular weight excluding hydrogens is 300 g/mol. The summed E-state index contributed by atoms with van der Waals surface area (Å²) in [6, 6.07) is 6.40. The summed E-state index contributed by atoms with van der Waals surface area (Å²) in [7, 11) is 0. The summed E-state index contributed by atoms with van der Waals surface area (Å²) in [6.45, 7) is 1.90. The zero-order valence-electron chi connectivity index (χ0n) is 12.5. The fourth-order valence-electron chi connectivity index (χ4n) is 3.79. The maximum Gasteiger partial charge on any atom is 0.324 e. The zero-order chi connectivity index (χ0) is 16.9. The number of amides is 1. The number of carboxylic acids is 2. The predicted octanol–water partition coefficient (Wildman–Crippen LogP) is 0.226. The highest BCUT2D eigenvalue weighted by Gasteiger charge is 2.74. The van der Waals surface area contributed by atoms with Gasteiger partial charge in [0.2, 0.25) is 0 Å². The lowest BCUT2D eigenvalue weighted by Crippen LogP contribution is -2.52. The molecule has 0 aliphatic heterocycles. The van der Waals surface area contributed by atoms with Gasteiger partial charge < -0.3 is 21.3 Å². The summed E-state index contributed by atoms with van der Waals surface area (Å²) >= 11 is 0. The van der Waals surface area contributed by atoms with Crippen molar-refractivity contribution in [3.05, 3.63) is 35.4 Å². The van der Waals surface area contributed by atoms with Gasteiger partial charge in [0.25, 0.3) is 5.91 Å². The van der Waals surface area contributed by atoms with Crippen LogP contribution in [0, 0.1) is 24.7 Å². The topological polar surface area (TPSA) is 130 Å². The molecule has 122 valence electrons. The SMILES string of the molecule is Cc1ccc(C(=O)N[C@H]2C[C@@](N)(C(=O)O)[C@@H]3[C@@H](C(=O)O)[C@@H]32)cc1. The molecule has 1 amide bonds. The number of fused-ring (bicyclic) bond motifs is 1. The molecule has 5 atom stereocenters. The van der Waals surface area contributed by atoms with Crippen LogP contribution >= 0.6 is 0 Å². The van der Waals surface area contributed by atoms with E-state index in [1.165, 1.54) is 0 Å². The Labute approximate surface area is 132 Å². The molecule has 7 heteroatoms. The van der Waals surface area contributed by atoms with Gasteiger partial charge in [0, 0.05) is 17.5 Å². The van der Waals surface area contributed by atoms with E-state index in [1.807, 2.05) is 6.92 Å². The molecule has 3 rings (SSSR count). The molecule has 2 aliphatic rings. The van der Waals surface area contributed by atoms with E-state index in [2.05, 4.69) is 5.32 Å². The molecule has 5 N–H and O–H groups in total. The average Bonchev–Trinajstić information content (AvgIpc) is 3.16. The first-order valence-corrected chi connectivity index (χ1v) is 7.38. The van der Waals surface area contributed by atoms with Crippen molar-refractivity contribution in [1.82, 2.24) is 5.32 Å². The van der Waals surface area contributed by atoms with Crippen LogP contribution in [0.5, 0.6) is 0 Å². The normalized spacial score (nSPS) is 34.5. The molecule has 2 aliphatic carbocycles. The Kier molecular flexibility index (Phi) is 3.40. The quantitative estimate of drug-likeness (QED) is 0.628. The zero-order valence-corrected chi connectivity index (χ0v) is 12.5. The lowest BCUT2D eigenvalue weighted by atomic mass is 9.90. The van der Waals surface area contributed by atoms with E-state index in [9.17, 15) is 24.6 Å². The van der Waals surface area contributed by atoms with Crippen molar-refractivity contribution in [2.24, 2.45) is 23.5 Å². The smallest absolute Gasteiger partial charge is 0.324 e. The number of aryl methyl sites for hydroxylation is 1. The maximum atomic E-state index is 12.3. The molecule has 7 nitrogen and oxygen atoms in total. The Bertz CT molecular complexity index is 686. The molecule has 0 bridgehead atoms. The molecule has 0 radical (unpaired) electrons. The first-order valence-electron chi connectivity index (χ1n) is 7.38. The fraction of sp³-hybridized carbons (Fsp3) is 0.438. The average molecular weight is 318 g/mol. The molecule has 0 unspecified atom stereocenters. The molecule has 1 aromatic rings. The van der Waals surface area contributed by atoms with Crippen LogP contribution < -0.4 is 11.1 Å². The second kappa shape index (κ2) is 5.06. The number of nitrogens with two attached hydrogens (primary N) is 1. The second-order valence-electron chi connectivity index (χ2n) is 6.46. The number of nitrogens with one attached hydrogen (secondary N) is 1. The molecule has 0 saturated heterocycles. The van der Waals surface area contributed by atoms with Gasteiger partial charge >= 0.3 is 11.9 Å². The van der Waals surface area contributed by atoms with Crippen molar-refractivity contribution in [2.45, 2.75) is 24.9 Å². The summed E-state index contributed by atoms with van der Waals surface area (Å²) in [5.41, 5.74) is 5.79. The van der Waals surface area contributed by atoms with Gasteiger partial charge in [-0.1, -0.05) is 17.7 Å². The van der Waals surface area contributed by atoms with Crippen molar-refractivity contribution >= 4 is 17.8 Å². The number of rotatable bonds is 4. The number of carbonyl (C=O) groups is 3. The van der Waals surface area contributed by atoms with Crippen molar-refractivity contribution in [3.8, 4) is 0 Å². The van der Waals surface area contributed by atoms with Gasteiger partial charge in [-0.2, -0.15) is 0 Å². The highest BCUT2D eigenvalue weighted by Crippen LogP contribution is 2.61. The Morgan fingerprint density at radius 3 is 2.35 bits per heavy atom. The number of aliphatic carboxylic acids is 2. The standard InChI is InChI=1S/C16H18N2O5/c1-7-2-4-8(5-3-7)13(19)18-9-6-16(17,15(22)23)12-10(9)11(12)14(20)21/h2-5,9-12H,6,17H2,1H3,(H,18,19)(H,20,21)(H,22,23)/t9-,10-,11-,12-,16-/m0/s1. The second-order valence-corrected chi connectivity index (χ2v) is 6.46. The number of benzene rings is 1. The Balaban J connectivity index is 1.78. The number of carbonyl (C=O) groups excluding carboxylic acids is 1. The minimum Gasteiger partial charge on any atom is -0.481 e. The fourth-order valence-corrected chi connectivity index (χ4v) is 3.79. The van der Waals surface area contributed by atoms with E-state index in [-0.39, 0.29) is 12.3 Å². The van der Waals surface area contributed by atoms with Crippen LogP contribution in [0.1, 0.15) is 22.3 Å². The van der Waals surface area contributed by atoms with E-state index < -0.39 is 41.3 Å². The van der Waals surface area contributed by atoms with E-state index in [4.69, 9.17) is 5.73 Å². The largest absolute Gasteiger partial charge is 0.481 e. The van der Waals surface area contributed by atoms with E-state index >= 15 is 0 Å². The van der Waals surface area contributed by atoms with Crippen LogP contribution in [0.3, 0.4) is 0 Å². The lowest BCUT2D eigenvalue weighted by Gasteiger charge is -2.25. The van der Waals surface area contributed by atoms with Gasteiger partial charge in [0.05, 0.1) is 5.92 Å². The van der Waals surface area contributed by atoms with Gasteiger partial charge in [-0.25, -0.2) is 0 Å². The third-order valence-electron chi connectivity index (χ3n) is 5.01. The van der Waals surface area contributed by atoms with Crippen LogP contribution in [-0.2, 0) is 9.59 Å². The molecule has 1 aromatic carbocycles. The molecule has 0 spiro atoms. The van der Waals surface area contributed by atoms with Crippen LogP contribution in [-0.4, -0.2) is 39.6 Å². The third-order valence-corrected chi connectivity index (χ3v) is 5.01. The van der Waals surface area contributed by atoms with E-state index in [0.29, 0.717) is 5.56 Å². The lowest BCUT2D eigenvalue weighted by molar-refractivity contribution is -0.145. The number of hydrogen-bond acceptors (Lipinski definition) is 4. The van der Waals surface area contributed by atoms with Crippen LogP contribution in [0.25, 0.3) is 0 Å². The summed E-state index contributed by atoms with van der Waals surface area (Å²) in [4.78, 5) is 35.0. The Hall–Kier alpha value is -2.41. The van der Waals surface area contributed by atoms with Gasteiger partial charge in [0.15, 0.2) is 0 Å². The predicted molar refractivity (Wildman–Crippen MR) is 79.7 cm³/mol. The molecular formula is C16H18N2O5. The van der Waals surface area contributed by atoms with Gasteiger partial charge in [-0.05, 0) is 31.4 Å². The molecule has 23 heavy (non-hydrogen) atoms. The number of hydrogen-bond donors (Lipinski definition) is 4. The summed E-state index contributed by atoms with van der Waals surface area (Å²) in [5, 5.41) is 21.3. The monoisotopic (exact) mass is 318 g/mol. The first kappa shape index (κ1) is 15.5. The van der Waals surface area contributed by atoms with Crippen molar-refractivity contribution in [2.75, 3.05) is 0 Å². The Morgan fingerprint density at radius 1 is 1.22 bits per heavy atom.